The van der Waals surface area contributed by atoms with E-state index in [1.54, 1.807) is 19.5 Å². The lowest BCUT2D eigenvalue weighted by Crippen LogP contribution is -2.33. The van der Waals surface area contributed by atoms with Gasteiger partial charge in [-0.25, -0.2) is 4.98 Å². The minimum Gasteiger partial charge on any atom is -0.481 e. The number of aryl methyl sites for hydroxylation is 1. The van der Waals surface area contributed by atoms with Gasteiger partial charge in [0.15, 0.2) is 0 Å². The first-order valence-corrected chi connectivity index (χ1v) is 6.28. The predicted octanol–water partition coefficient (Wildman–Crippen LogP) is 1.25. The molecule has 0 fully saturated rings. The number of carboxylic acids is 1. The number of hydrogen-bond donors (Lipinski definition) is 1. The van der Waals surface area contributed by atoms with E-state index in [9.17, 15) is 9.59 Å². The molecule has 0 saturated heterocycles. The van der Waals surface area contributed by atoms with E-state index in [1.165, 1.54) is 16.2 Å². The normalized spacial score (nSPS) is 12.1. The summed E-state index contributed by atoms with van der Waals surface area (Å²) in [7, 11) is 1.63. The Morgan fingerprint density at radius 2 is 2.29 bits per heavy atom. The molecule has 0 radical (unpaired) electrons. The van der Waals surface area contributed by atoms with Crippen molar-refractivity contribution in [1.29, 1.82) is 0 Å². The number of aromatic nitrogens is 1. The van der Waals surface area contributed by atoms with Crippen LogP contribution in [0.2, 0.25) is 0 Å². The summed E-state index contributed by atoms with van der Waals surface area (Å²) >= 11 is 1.50. The summed E-state index contributed by atoms with van der Waals surface area (Å²) in [5.74, 6) is -1.47. The van der Waals surface area contributed by atoms with Crippen LogP contribution in [0.1, 0.15) is 19.0 Å². The summed E-state index contributed by atoms with van der Waals surface area (Å²) in [4.78, 5) is 27.9. The molecule has 1 amide bonds. The van der Waals surface area contributed by atoms with E-state index in [0.29, 0.717) is 12.8 Å². The van der Waals surface area contributed by atoms with Crippen LogP contribution in [-0.2, 0) is 16.0 Å². The highest BCUT2D eigenvalue weighted by Crippen LogP contribution is 2.06. The second kappa shape index (κ2) is 6.34. The second-order valence-electron chi connectivity index (χ2n) is 3.99. The molecule has 5 nitrogen and oxygen atoms in total. The average Bonchev–Trinajstić information content (AvgIpc) is 2.78. The summed E-state index contributed by atoms with van der Waals surface area (Å²) in [5, 5.41) is 10.7. The summed E-state index contributed by atoms with van der Waals surface area (Å²) in [6.45, 7) is 1.83. The van der Waals surface area contributed by atoms with E-state index < -0.39 is 11.9 Å². The minimum atomic E-state index is -0.885. The quantitative estimate of drug-likeness (QED) is 0.831. The third kappa shape index (κ3) is 4.52. The molecule has 1 rings (SSSR count). The number of nitrogens with zero attached hydrogens (tertiary/aromatic N) is 2. The fourth-order valence-corrected chi connectivity index (χ4v) is 1.97. The number of rotatable bonds is 6. The van der Waals surface area contributed by atoms with Crippen molar-refractivity contribution in [2.75, 3.05) is 13.6 Å². The van der Waals surface area contributed by atoms with Crippen LogP contribution < -0.4 is 0 Å². The van der Waals surface area contributed by atoms with Gasteiger partial charge in [0, 0.05) is 25.4 Å². The Balaban J connectivity index is 2.34. The third-order valence-electron chi connectivity index (χ3n) is 2.47. The van der Waals surface area contributed by atoms with Gasteiger partial charge in [0.2, 0.25) is 5.91 Å². The van der Waals surface area contributed by atoms with Crippen molar-refractivity contribution < 1.29 is 14.7 Å². The van der Waals surface area contributed by atoms with E-state index in [2.05, 4.69) is 4.98 Å². The number of carboxylic acid groups (broad SMARTS) is 1. The number of thiazole rings is 1. The molecule has 0 aliphatic carbocycles. The lowest BCUT2D eigenvalue weighted by Gasteiger charge is -2.19. The first-order valence-electron chi connectivity index (χ1n) is 5.34. The highest BCUT2D eigenvalue weighted by Gasteiger charge is 2.17. The van der Waals surface area contributed by atoms with Crippen LogP contribution in [0.5, 0.6) is 0 Å². The fraction of sp³-hybridized carbons (Fsp3) is 0.545. The van der Waals surface area contributed by atoms with Crippen LogP contribution in [-0.4, -0.2) is 40.5 Å². The summed E-state index contributed by atoms with van der Waals surface area (Å²) < 4.78 is 0. The highest BCUT2D eigenvalue weighted by atomic mass is 32.1. The van der Waals surface area contributed by atoms with Crippen LogP contribution in [0.3, 0.4) is 0 Å². The predicted molar refractivity (Wildman–Crippen MR) is 64.9 cm³/mol. The Morgan fingerprint density at radius 1 is 1.59 bits per heavy atom. The van der Waals surface area contributed by atoms with Crippen LogP contribution in [0.15, 0.2) is 10.9 Å². The highest BCUT2D eigenvalue weighted by molar-refractivity contribution is 7.07. The van der Waals surface area contributed by atoms with Gasteiger partial charge in [-0.2, -0.15) is 0 Å². The van der Waals surface area contributed by atoms with Gasteiger partial charge < -0.3 is 10.0 Å². The van der Waals surface area contributed by atoms with E-state index in [4.69, 9.17) is 5.11 Å². The maximum Gasteiger partial charge on any atom is 0.308 e. The van der Waals surface area contributed by atoms with Crippen LogP contribution >= 0.6 is 11.3 Å². The summed E-state index contributed by atoms with van der Waals surface area (Å²) in [6.07, 6.45) is 0.973. The molecule has 0 aliphatic heterocycles. The molecule has 1 heterocycles. The van der Waals surface area contributed by atoms with Gasteiger partial charge in [0.25, 0.3) is 0 Å². The standard InChI is InChI=1S/C11H16N2O3S/c1-8(11(15)16)5-13(2)10(14)4-3-9-6-17-7-12-9/h6-8H,3-5H2,1-2H3,(H,15,16). The van der Waals surface area contributed by atoms with Crippen LogP contribution in [0.4, 0.5) is 0 Å². The Bertz CT molecular complexity index is 378. The molecule has 94 valence electrons. The van der Waals surface area contributed by atoms with E-state index in [-0.39, 0.29) is 12.5 Å². The number of hydrogen-bond acceptors (Lipinski definition) is 4. The van der Waals surface area contributed by atoms with Crippen molar-refractivity contribution in [3.8, 4) is 0 Å². The third-order valence-corrected chi connectivity index (χ3v) is 3.11. The first-order chi connectivity index (χ1) is 8.00. The molecule has 1 N–H and O–H groups in total. The van der Waals surface area contributed by atoms with E-state index in [0.717, 1.165) is 5.69 Å². The summed E-state index contributed by atoms with van der Waals surface area (Å²) in [6, 6.07) is 0. The van der Waals surface area contributed by atoms with Gasteiger partial charge >= 0.3 is 5.97 Å². The van der Waals surface area contributed by atoms with Gasteiger partial charge in [0.1, 0.15) is 0 Å². The molecule has 0 saturated carbocycles. The van der Waals surface area contributed by atoms with Crippen molar-refractivity contribution in [2.45, 2.75) is 19.8 Å². The molecule has 1 unspecified atom stereocenters. The largest absolute Gasteiger partial charge is 0.481 e. The first kappa shape index (κ1) is 13.6. The number of carbonyl (C=O) groups is 2. The van der Waals surface area contributed by atoms with Crippen LogP contribution in [0, 0.1) is 5.92 Å². The minimum absolute atomic E-state index is 0.0499. The van der Waals surface area contributed by atoms with Crippen molar-refractivity contribution in [3.05, 3.63) is 16.6 Å². The Morgan fingerprint density at radius 3 is 2.82 bits per heavy atom. The second-order valence-corrected chi connectivity index (χ2v) is 4.71. The Kier molecular flexibility index (Phi) is 5.09. The van der Waals surface area contributed by atoms with Gasteiger partial charge in [-0.15, -0.1) is 11.3 Å². The molecule has 0 aromatic carbocycles. The topological polar surface area (TPSA) is 70.5 Å². The van der Waals surface area contributed by atoms with Gasteiger partial charge in [0.05, 0.1) is 17.1 Å². The molecular weight excluding hydrogens is 240 g/mol. The SMILES string of the molecule is CC(CN(C)C(=O)CCc1cscn1)C(=O)O. The van der Waals surface area contributed by atoms with Gasteiger partial charge in [-0.05, 0) is 6.42 Å². The summed E-state index contributed by atoms with van der Waals surface area (Å²) in [5.41, 5.74) is 2.64. The number of amides is 1. The van der Waals surface area contributed by atoms with Crippen molar-refractivity contribution in [3.63, 3.8) is 0 Å². The van der Waals surface area contributed by atoms with E-state index >= 15 is 0 Å². The zero-order valence-corrected chi connectivity index (χ0v) is 10.7. The molecule has 1 atom stereocenters. The van der Waals surface area contributed by atoms with Crippen molar-refractivity contribution in [1.82, 2.24) is 9.88 Å². The zero-order chi connectivity index (χ0) is 12.8. The van der Waals surface area contributed by atoms with Gasteiger partial charge in [-0.3, -0.25) is 9.59 Å². The van der Waals surface area contributed by atoms with Gasteiger partial charge in [-0.1, -0.05) is 6.92 Å². The van der Waals surface area contributed by atoms with Crippen molar-refractivity contribution >= 4 is 23.2 Å². The number of carbonyl (C=O) groups excluding carboxylic acids is 1. The zero-order valence-electron chi connectivity index (χ0n) is 9.92. The van der Waals surface area contributed by atoms with Crippen molar-refractivity contribution in [2.24, 2.45) is 5.92 Å². The number of aliphatic carboxylic acids is 1. The fourth-order valence-electron chi connectivity index (χ4n) is 1.38. The molecule has 0 bridgehead atoms. The molecule has 6 heteroatoms. The Hall–Kier alpha value is -1.43. The molecule has 0 aliphatic rings. The maximum absolute atomic E-state index is 11.7. The molecule has 17 heavy (non-hydrogen) atoms. The smallest absolute Gasteiger partial charge is 0.308 e. The average molecular weight is 256 g/mol. The lowest BCUT2D eigenvalue weighted by atomic mass is 10.1. The monoisotopic (exact) mass is 256 g/mol. The Labute approximate surface area is 104 Å². The lowest BCUT2D eigenvalue weighted by molar-refractivity contribution is -0.142. The molecule has 1 aromatic rings. The molecule has 0 spiro atoms. The van der Waals surface area contributed by atoms with E-state index in [1.807, 2.05) is 5.38 Å². The van der Waals surface area contributed by atoms with Crippen LogP contribution in [0.25, 0.3) is 0 Å². The maximum atomic E-state index is 11.7. The molecule has 1 aromatic heterocycles. The molecular formula is C11H16N2O3S.